The molecule has 1 amide bonds. The predicted octanol–water partition coefficient (Wildman–Crippen LogP) is 4.88. The minimum absolute atomic E-state index is 0.0286. The van der Waals surface area contributed by atoms with Crippen LogP contribution in [-0.2, 0) is 0 Å². The third-order valence-corrected chi connectivity index (χ3v) is 3.54. The summed E-state index contributed by atoms with van der Waals surface area (Å²) < 4.78 is 40.6. The molecule has 1 N–H and O–H groups in total. The van der Waals surface area contributed by atoms with Crippen LogP contribution in [0.3, 0.4) is 0 Å². The van der Waals surface area contributed by atoms with Gasteiger partial charge >= 0.3 is 0 Å². The van der Waals surface area contributed by atoms with Crippen molar-refractivity contribution in [3.63, 3.8) is 0 Å². The molecule has 7 heteroatoms. The Balaban J connectivity index is 2.33. The first-order valence-electron chi connectivity index (χ1n) is 5.29. The average molecular weight is 409 g/mol. The molecule has 0 aliphatic heterocycles. The summed E-state index contributed by atoms with van der Waals surface area (Å²) in [5.41, 5.74) is -0.498. The lowest BCUT2D eigenvalue weighted by atomic mass is 10.2. The molecule has 0 aliphatic carbocycles. The molecule has 0 aliphatic rings. The van der Waals surface area contributed by atoms with E-state index in [-0.39, 0.29) is 15.7 Å². The fourth-order valence-electron chi connectivity index (χ4n) is 1.52. The summed E-state index contributed by atoms with van der Waals surface area (Å²) in [5.74, 6) is -3.33. The maximum absolute atomic E-state index is 13.6. The Morgan fingerprint density at radius 3 is 2.30 bits per heavy atom. The second-order valence-electron chi connectivity index (χ2n) is 3.82. The molecule has 2 aromatic carbocycles. The summed E-state index contributed by atoms with van der Waals surface area (Å²) in [6.07, 6.45) is 0. The molecule has 20 heavy (non-hydrogen) atoms. The van der Waals surface area contributed by atoms with Gasteiger partial charge in [-0.25, -0.2) is 13.2 Å². The lowest BCUT2D eigenvalue weighted by Gasteiger charge is -2.09. The van der Waals surface area contributed by atoms with Crippen molar-refractivity contribution in [1.29, 1.82) is 0 Å². The Kier molecular flexibility index (Phi) is 4.49. The number of benzene rings is 2. The lowest BCUT2D eigenvalue weighted by Crippen LogP contribution is -2.15. The van der Waals surface area contributed by atoms with Crippen molar-refractivity contribution < 1.29 is 18.0 Å². The molecule has 0 aromatic heterocycles. The summed E-state index contributed by atoms with van der Waals surface area (Å²) in [7, 11) is 0. The van der Waals surface area contributed by atoms with Gasteiger partial charge in [0.05, 0.1) is 11.3 Å². The van der Waals surface area contributed by atoms with E-state index in [1.54, 1.807) is 0 Å². The van der Waals surface area contributed by atoms with Gasteiger partial charge in [-0.15, -0.1) is 0 Å². The standard InChI is InChI=1S/C13H6Br2F3NO/c14-6-1-2-8(10(17)3-6)13(20)19-12-9(15)4-7(16)5-11(12)18/h1-5H,(H,19,20). The molecule has 2 rings (SSSR count). The summed E-state index contributed by atoms with van der Waals surface area (Å²) in [4.78, 5) is 11.9. The van der Waals surface area contributed by atoms with Crippen LogP contribution >= 0.6 is 31.9 Å². The molecule has 0 fully saturated rings. The van der Waals surface area contributed by atoms with E-state index >= 15 is 0 Å². The first-order valence-corrected chi connectivity index (χ1v) is 6.88. The minimum Gasteiger partial charge on any atom is -0.318 e. The van der Waals surface area contributed by atoms with Crippen LogP contribution in [-0.4, -0.2) is 5.91 Å². The summed E-state index contributed by atoms with van der Waals surface area (Å²) in [5, 5.41) is 2.20. The summed E-state index contributed by atoms with van der Waals surface area (Å²) >= 11 is 6.00. The monoisotopic (exact) mass is 407 g/mol. The van der Waals surface area contributed by atoms with Crippen molar-refractivity contribution in [3.8, 4) is 0 Å². The zero-order chi connectivity index (χ0) is 14.9. The van der Waals surface area contributed by atoms with Crippen LogP contribution in [0, 0.1) is 17.5 Å². The lowest BCUT2D eigenvalue weighted by molar-refractivity contribution is 0.102. The number of amides is 1. The Bertz CT molecular complexity index is 668. The van der Waals surface area contributed by atoms with E-state index in [9.17, 15) is 18.0 Å². The molecule has 0 spiro atoms. The van der Waals surface area contributed by atoms with Crippen LogP contribution in [0.25, 0.3) is 0 Å². The molecule has 0 radical (unpaired) electrons. The number of hydrogen-bond acceptors (Lipinski definition) is 1. The Labute approximate surface area is 129 Å². The van der Waals surface area contributed by atoms with Gasteiger partial charge in [0, 0.05) is 15.0 Å². The molecule has 2 nitrogen and oxygen atoms in total. The van der Waals surface area contributed by atoms with E-state index in [1.165, 1.54) is 12.1 Å². The fraction of sp³-hybridized carbons (Fsp3) is 0. The van der Waals surface area contributed by atoms with E-state index in [2.05, 4.69) is 37.2 Å². The third-order valence-electron chi connectivity index (χ3n) is 2.42. The number of anilines is 1. The maximum atomic E-state index is 13.6. The number of halogens is 5. The SMILES string of the molecule is O=C(Nc1c(F)cc(F)cc1Br)c1ccc(Br)cc1F. The van der Waals surface area contributed by atoms with Crippen molar-refractivity contribution in [2.75, 3.05) is 5.32 Å². The summed E-state index contributed by atoms with van der Waals surface area (Å²) in [6, 6.07) is 5.47. The zero-order valence-corrected chi connectivity index (χ0v) is 12.9. The number of carbonyl (C=O) groups is 1. The van der Waals surface area contributed by atoms with Crippen molar-refractivity contribution in [2.24, 2.45) is 0 Å². The minimum atomic E-state index is -0.956. The maximum Gasteiger partial charge on any atom is 0.258 e. The number of carbonyl (C=O) groups excluding carboxylic acids is 1. The molecule has 2 aromatic rings. The number of hydrogen-bond donors (Lipinski definition) is 1. The van der Waals surface area contributed by atoms with Gasteiger partial charge in [0.15, 0.2) is 5.82 Å². The number of rotatable bonds is 2. The molecule has 104 valence electrons. The molecular formula is C13H6Br2F3NO. The molecule has 0 atom stereocenters. The van der Waals surface area contributed by atoms with E-state index in [0.29, 0.717) is 10.5 Å². The van der Waals surface area contributed by atoms with Crippen LogP contribution in [0.1, 0.15) is 10.4 Å². The van der Waals surface area contributed by atoms with Crippen molar-refractivity contribution in [1.82, 2.24) is 0 Å². The smallest absolute Gasteiger partial charge is 0.258 e. The van der Waals surface area contributed by atoms with E-state index in [0.717, 1.165) is 12.1 Å². The van der Waals surface area contributed by atoms with Crippen LogP contribution < -0.4 is 5.32 Å². The van der Waals surface area contributed by atoms with E-state index in [4.69, 9.17) is 0 Å². The van der Waals surface area contributed by atoms with Crippen LogP contribution in [0.4, 0.5) is 18.9 Å². The van der Waals surface area contributed by atoms with Crippen LogP contribution in [0.15, 0.2) is 39.3 Å². The van der Waals surface area contributed by atoms with Crippen LogP contribution in [0.5, 0.6) is 0 Å². The average Bonchev–Trinajstić information content (AvgIpc) is 2.33. The highest BCUT2D eigenvalue weighted by atomic mass is 79.9. The van der Waals surface area contributed by atoms with Gasteiger partial charge in [-0.05, 0) is 40.2 Å². The first kappa shape index (κ1) is 15.1. The quantitative estimate of drug-likeness (QED) is 0.753. The molecule has 0 bridgehead atoms. The Morgan fingerprint density at radius 2 is 1.70 bits per heavy atom. The van der Waals surface area contributed by atoms with E-state index in [1.807, 2.05) is 0 Å². The Hall–Kier alpha value is -1.34. The highest BCUT2D eigenvalue weighted by Gasteiger charge is 2.16. The van der Waals surface area contributed by atoms with Gasteiger partial charge in [-0.2, -0.15) is 0 Å². The van der Waals surface area contributed by atoms with Gasteiger partial charge in [0.25, 0.3) is 5.91 Å². The second-order valence-corrected chi connectivity index (χ2v) is 5.59. The highest BCUT2D eigenvalue weighted by Crippen LogP contribution is 2.27. The second kappa shape index (κ2) is 5.97. The third kappa shape index (κ3) is 3.21. The topological polar surface area (TPSA) is 29.1 Å². The molecule has 0 saturated heterocycles. The van der Waals surface area contributed by atoms with Crippen LogP contribution in [0.2, 0.25) is 0 Å². The Morgan fingerprint density at radius 1 is 1.00 bits per heavy atom. The molecular weight excluding hydrogens is 403 g/mol. The molecule has 0 unspecified atom stereocenters. The largest absolute Gasteiger partial charge is 0.318 e. The van der Waals surface area contributed by atoms with Gasteiger partial charge in [0.2, 0.25) is 0 Å². The predicted molar refractivity (Wildman–Crippen MR) is 76.1 cm³/mol. The van der Waals surface area contributed by atoms with Gasteiger partial charge in [-0.3, -0.25) is 4.79 Å². The van der Waals surface area contributed by atoms with Crippen molar-refractivity contribution >= 4 is 43.5 Å². The van der Waals surface area contributed by atoms with Gasteiger partial charge < -0.3 is 5.32 Å². The van der Waals surface area contributed by atoms with Crippen molar-refractivity contribution in [2.45, 2.75) is 0 Å². The van der Waals surface area contributed by atoms with Gasteiger partial charge in [0.1, 0.15) is 11.6 Å². The highest BCUT2D eigenvalue weighted by molar-refractivity contribution is 9.10. The summed E-state index contributed by atoms with van der Waals surface area (Å²) in [6.45, 7) is 0. The van der Waals surface area contributed by atoms with E-state index < -0.39 is 23.4 Å². The fourth-order valence-corrected chi connectivity index (χ4v) is 2.36. The van der Waals surface area contributed by atoms with Gasteiger partial charge in [-0.1, -0.05) is 15.9 Å². The molecule has 0 saturated carbocycles. The zero-order valence-electron chi connectivity index (χ0n) is 9.68. The van der Waals surface area contributed by atoms with Crippen molar-refractivity contribution in [3.05, 3.63) is 62.3 Å². The first-order chi connectivity index (χ1) is 9.38. The molecule has 0 heterocycles. The normalized spacial score (nSPS) is 10.4. The number of nitrogens with one attached hydrogen (secondary N) is 1.